The highest BCUT2D eigenvalue weighted by molar-refractivity contribution is 6.03. The lowest BCUT2D eigenvalue weighted by atomic mass is 10.0. The van der Waals surface area contributed by atoms with Crippen LogP contribution in [0.3, 0.4) is 0 Å². The summed E-state index contributed by atoms with van der Waals surface area (Å²) in [6.45, 7) is 11.1. The second-order valence-corrected chi connectivity index (χ2v) is 8.63. The molecule has 5 nitrogen and oxygen atoms in total. The van der Waals surface area contributed by atoms with Gasteiger partial charge in [0.15, 0.2) is 0 Å². The van der Waals surface area contributed by atoms with E-state index in [0.717, 1.165) is 30.0 Å². The van der Waals surface area contributed by atoms with Gasteiger partial charge in [-0.05, 0) is 35.3 Å². The van der Waals surface area contributed by atoms with Crippen molar-refractivity contribution in [3.63, 3.8) is 0 Å². The van der Waals surface area contributed by atoms with E-state index in [1.807, 2.05) is 61.2 Å². The standard InChI is InChI=1S/C26H33N3O2/c1-19(2)22-12-9-21(10-13-22)11-14-25(30)27-23-7-5-6-8-24(23)28-15-17-29(18-16-28)26(31)20(3)4/h5-14,19-20H,15-18H2,1-4H3,(H,27,30). The average molecular weight is 420 g/mol. The second-order valence-electron chi connectivity index (χ2n) is 8.63. The van der Waals surface area contributed by atoms with Gasteiger partial charge in [-0.15, -0.1) is 0 Å². The molecular formula is C26H33N3O2. The monoisotopic (exact) mass is 419 g/mol. The Morgan fingerprint density at radius 3 is 2.16 bits per heavy atom. The van der Waals surface area contributed by atoms with Crippen LogP contribution in [-0.4, -0.2) is 42.9 Å². The zero-order valence-corrected chi connectivity index (χ0v) is 19.0. The van der Waals surface area contributed by atoms with E-state index in [0.29, 0.717) is 19.0 Å². The topological polar surface area (TPSA) is 52.7 Å². The van der Waals surface area contributed by atoms with Crippen LogP contribution in [0.1, 0.15) is 44.7 Å². The molecule has 0 aromatic heterocycles. The van der Waals surface area contributed by atoms with Gasteiger partial charge in [0.05, 0.1) is 11.4 Å². The van der Waals surface area contributed by atoms with Crippen LogP contribution in [0.5, 0.6) is 0 Å². The van der Waals surface area contributed by atoms with Crippen LogP contribution < -0.4 is 10.2 Å². The normalized spacial score (nSPS) is 14.5. The third kappa shape index (κ3) is 5.97. The number of rotatable bonds is 6. The molecule has 0 saturated carbocycles. The number of hydrogen-bond acceptors (Lipinski definition) is 3. The highest BCUT2D eigenvalue weighted by atomic mass is 16.2. The van der Waals surface area contributed by atoms with Crippen molar-refractivity contribution in [2.75, 3.05) is 36.4 Å². The molecular weight excluding hydrogens is 386 g/mol. The predicted octanol–water partition coefficient (Wildman–Crippen LogP) is 4.77. The van der Waals surface area contributed by atoms with Crippen LogP contribution in [0.25, 0.3) is 6.08 Å². The van der Waals surface area contributed by atoms with Gasteiger partial charge >= 0.3 is 0 Å². The Labute approximate surface area is 185 Å². The maximum absolute atomic E-state index is 12.5. The average Bonchev–Trinajstić information content (AvgIpc) is 2.78. The van der Waals surface area contributed by atoms with Crippen LogP contribution in [0, 0.1) is 5.92 Å². The molecule has 0 atom stereocenters. The summed E-state index contributed by atoms with van der Waals surface area (Å²) >= 11 is 0. The third-order valence-electron chi connectivity index (χ3n) is 5.62. The van der Waals surface area contributed by atoms with E-state index >= 15 is 0 Å². The molecule has 1 fully saturated rings. The lowest BCUT2D eigenvalue weighted by Gasteiger charge is -2.37. The summed E-state index contributed by atoms with van der Waals surface area (Å²) in [5.41, 5.74) is 4.06. The predicted molar refractivity (Wildman–Crippen MR) is 128 cm³/mol. The van der Waals surface area contributed by atoms with Gasteiger partial charge in [-0.3, -0.25) is 9.59 Å². The minimum absolute atomic E-state index is 0.0199. The fourth-order valence-corrected chi connectivity index (χ4v) is 3.73. The van der Waals surface area contributed by atoms with Gasteiger partial charge < -0.3 is 15.1 Å². The Kier molecular flexibility index (Phi) is 7.50. The number of anilines is 2. The van der Waals surface area contributed by atoms with E-state index in [1.54, 1.807) is 6.08 Å². The van der Waals surface area contributed by atoms with Gasteiger partial charge in [0.1, 0.15) is 0 Å². The Morgan fingerprint density at radius 2 is 1.55 bits per heavy atom. The molecule has 31 heavy (non-hydrogen) atoms. The number of piperazine rings is 1. The van der Waals surface area contributed by atoms with Crippen molar-refractivity contribution in [2.24, 2.45) is 5.92 Å². The summed E-state index contributed by atoms with van der Waals surface area (Å²) < 4.78 is 0. The van der Waals surface area contributed by atoms with Gasteiger partial charge in [0.2, 0.25) is 11.8 Å². The molecule has 0 unspecified atom stereocenters. The minimum Gasteiger partial charge on any atom is -0.366 e. The van der Waals surface area contributed by atoms with Crippen molar-refractivity contribution in [1.29, 1.82) is 0 Å². The molecule has 5 heteroatoms. The Hall–Kier alpha value is -3.08. The largest absolute Gasteiger partial charge is 0.366 e. The molecule has 164 valence electrons. The highest BCUT2D eigenvalue weighted by Crippen LogP contribution is 2.27. The molecule has 1 saturated heterocycles. The van der Waals surface area contributed by atoms with E-state index in [9.17, 15) is 9.59 Å². The van der Waals surface area contributed by atoms with Crippen LogP contribution in [0.2, 0.25) is 0 Å². The quantitative estimate of drug-likeness (QED) is 0.687. The van der Waals surface area contributed by atoms with Crippen LogP contribution in [0.15, 0.2) is 54.6 Å². The van der Waals surface area contributed by atoms with Crippen molar-refractivity contribution in [3.8, 4) is 0 Å². The first-order valence-corrected chi connectivity index (χ1v) is 11.1. The first kappa shape index (κ1) is 22.6. The molecule has 3 rings (SSSR count). The summed E-state index contributed by atoms with van der Waals surface area (Å²) in [7, 11) is 0. The molecule has 1 N–H and O–H groups in total. The van der Waals surface area contributed by atoms with Crippen LogP contribution in [0.4, 0.5) is 11.4 Å². The van der Waals surface area contributed by atoms with Crippen molar-refractivity contribution >= 4 is 29.3 Å². The number of hydrogen-bond donors (Lipinski definition) is 1. The number of carbonyl (C=O) groups is 2. The summed E-state index contributed by atoms with van der Waals surface area (Å²) in [4.78, 5) is 28.9. The maximum atomic E-state index is 12.5. The van der Waals surface area contributed by atoms with Gasteiger partial charge in [-0.1, -0.05) is 64.1 Å². The summed E-state index contributed by atoms with van der Waals surface area (Å²) in [6, 6.07) is 16.1. The third-order valence-corrected chi connectivity index (χ3v) is 5.62. The first-order chi connectivity index (χ1) is 14.8. The molecule has 0 aliphatic carbocycles. The SMILES string of the molecule is CC(C)C(=O)N1CCN(c2ccccc2NC(=O)C=Cc2ccc(C(C)C)cc2)CC1. The Balaban J connectivity index is 1.63. The van der Waals surface area contributed by atoms with Crippen molar-refractivity contribution < 1.29 is 9.59 Å². The fourth-order valence-electron chi connectivity index (χ4n) is 3.73. The minimum atomic E-state index is -0.158. The number of benzene rings is 2. The molecule has 1 aliphatic heterocycles. The van der Waals surface area contributed by atoms with E-state index in [2.05, 4.69) is 36.2 Å². The lowest BCUT2D eigenvalue weighted by molar-refractivity contribution is -0.134. The van der Waals surface area contributed by atoms with E-state index in [4.69, 9.17) is 0 Å². The summed E-state index contributed by atoms with van der Waals surface area (Å²) in [6.07, 6.45) is 3.40. The first-order valence-electron chi connectivity index (χ1n) is 11.1. The maximum Gasteiger partial charge on any atom is 0.248 e. The second kappa shape index (κ2) is 10.3. The highest BCUT2D eigenvalue weighted by Gasteiger charge is 2.24. The zero-order chi connectivity index (χ0) is 22.4. The van der Waals surface area contributed by atoms with E-state index in [-0.39, 0.29) is 17.7 Å². The number of carbonyl (C=O) groups excluding carboxylic acids is 2. The number of nitrogens with one attached hydrogen (secondary N) is 1. The smallest absolute Gasteiger partial charge is 0.248 e. The van der Waals surface area contributed by atoms with Crippen molar-refractivity contribution in [1.82, 2.24) is 4.90 Å². The molecule has 2 amide bonds. The van der Waals surface area contributed by atoms with Gasteiger partial charge in [0.25, 0.3) is 0 Å². The number of amides is 2. The molecule has 0 bridgehead atoms. The van der Waals surface area contributed by atoms with E-state index in [1.165, 1.54) is 5.56 Å². The van der Waals surface area contributed by atoms with Crippen LogP contribution in [-0.2, 0) is 9.59 Å². The number of para-hydroxylation sites is 2. The van der Waals surface area contributed by atoms with Crippen LogP contribution >= 0.6 is 0 Å². The Bertz CT molecular complexity index is 924. The molecule has 0 spiro atoms. The Morgan fingerprint density at radius 1 is 0.903 bits per heavy atom. The molecule has 2 aromatic carbocycles. The van der Waals surface area contributed by atoms with E-state index < -0.39 is 0 Å². The molecule has 0 radical (unpaired) electrons. The molecule has 2 aromatic rings. The zero-order valence-electron chi connectivity index (χ0n) is 19.0. The fraction of sp³-hybridized carbons (Fsp3) is 0.385. The molecule has 1 heterocycles. The number of nitrogens with zero attached hydrogens (tertiary/aromatic N) is 2. The summed E-state index contributed by atoms with van der Waals surface area (Å²) in [5.74, 6) is 0.552. The van der Waals surface area contributed by atoms with Crippen molar-refractivity contribution in [2.45, 2.75) is 33.6 Å². The van der Waals surface area contributed by atoms with Gasteiger partial charge in [-0.25, -0.2) is 0 Å². The van der Waals surface area contributed by atoms with Gasteiger partial charge in [0, 0.05) is 38.2 Å². The summed E-state index contributed by atoms with van der Waals surface area (Å²) in [5, 5.41) is 3.01. The van der Waals surface area contributed by atoms with Gasteiger partial charge in [-0.2, -0.15) is 0 Å². The molecule has 1 aliphatic rings. The van der Waals surface area contributed by atoms with Crippen molar-refractivity contribution in [3.05, 3.63) is 65.7 Å². The lowest BCUT2D eigenvalue weighted by Crippen LogP contribution is -2.50.